The topological polar surface area (TPSA) is 109 Å². The summed E-state index contributed by atoms with van der Waals surface area (Å²) in [6, 6.07) is 9.93. The molecule has 29 heavy (non-hydrogen) atoms. The van der Waals surface area contributed by atoms with Gasteiger partial charge in [-0.15, -0.1) is 11.6 Å². The van der Waals surface area contributed by atoms with Crippen LogP contribution in [0.15, 0.2) is 36.4 Å². The number of esters is 2. The number of halogens is 1. The molecular formula is C20H25ClN2O6. The number of hydrogen-bond donors (Lipinski definition) is 2. The minimum absolute atomic E-state index is 0.374. The fourth-order valence-corrected chi connectivity index (χ4v) is 2.35. The Labute approximate surface area is 174 Å². The summed E-state index contributed by atoms with van der Waals surface area (Å²) in [6.07, 6.45) is 0. The van der Waals surface area contributed by atoms with Crippen molar-refractivity contribution in [2.24, 2.45) is 0 Å². The van der Waals surface area contributed by atoms with Gasteiger partial charge in [0.2, 0.25) is 0 Å². The van der Waals surface area contributed by atoms with Gasteiger partial charge in [-0.25, -0.2) is 9.59 Å². The lowest BCUT2D eigenvalue weighted by Gasteiger charge is -2.10. The minimum atomic E-state index is -0.433. The maximum absolute atomic E-state index is 11.4. The van der Waals surface area contributed by atoms with Crippen LogP contribution in [0.25, 0.3) is 0 Å². The Morgan fingerprint density at radius 2 is 1.41 bits per heavy atom. The Morgan fingerprint density at radius 1 is 0.897 bits per heavy atom. The molecule has 0 heterocycles. The maximum atomic E-state index is 11.4. The monoisotopic (exact) mass is 424 g/mol. The molecule has 2 aromatic carbocycles. The second-order valence-corrected chi connectivity index (χ2v) is 5.85. The van der Waals surface area contributed by atoms with E-state index in [0.717, 1.165) is 5.69 Å². The van der Waals surface area contributed by atoms with E-state index in [1.54, 1.807) is 36.4 Å². The molecule has 0 aliphatic rings. The van der Waals surface area contributed by atoms with Gasteiger partial charge >= 0.3 is 11.9 Å². The fraction of sp³-hybridized carbons (Fsp3) is 0.300. The van der Waals surface area contributed by atoms with Crippen LogP contribution in [-0.2, 0) is 9.47 Å². The lowest BCUT2D eigenvalue weighted by atomic mass is 10.2. The zero-order valence-corrected chi connectivity index (χ0v) is 17.5. The second-order valence-electron chi connectivity index (χ2n) is 5.47. The van der Waals surface area contributed by atoms with Crippen LogP contribution in [0, 0.1) is 0 Å². The summed E-state index contributed by atoms with van der Waals surface area (Å²) in [4.78, 5) is 22.5. The van der Waals surface area contributed by atoms with Crippen molar-refractivity contribution in [3.63, 3.8) is 0 Å². The first-order valence-corrected chi connectivity index (χ1v) is 9.03. The summed E-state index contributed by atoms with van der Waals surface area (Å²) in [5, 5.41) is 3.09. The highest BCUT2D eigenvalue weighted by atomic mass is 35.5. The van der Waals surface area contributed by atoms with E-state index in [2.05, 4.69) is 14.8 Å². The summed E-state index contributed by atoms with van der Waals surface area (Å²) < 4.78 is 19.3. The molecule has 0 atom stereocenters. The quantitative estimate of drug-likeness (QED) is 0.396. The molecule has 0 saturated heterocycles. The van der Waals surface area contributed by atoms with Gasteiger partial charge in [-0.3, -0.25) is 0 Å². The molecule has 8 nitrogen and oxygen atoms in total. The Morgan fingerprint density at radius 3 is 1.90 bits per heavy atom. The molecule has 3 N–H and O–H groups in total. The molecule has 2 aromatic rings. The van der Waals surface area contributed by atoms with Crippen molar-refractivity contribution in [1.29, 1.82) is 0 Å². The highest BCUT2D eigenvalue weighted by Crippen LogP contribution is 2.24. The first-order chi connectivity index (χ1) is 13.9. The first-order valence-electron chi connectivity index (χ1n) is 8.49. The zero-order chi connectivity index (χ0) is 21.8. The highest BCUT2D eigenvalue weighted by molar-refractivity contribution is 6.18. The molecule has 158 valence electrons. The van der Waals surface area contributed by atoms with Crippen molar-refractivity contribution in [2.75, 3.05) is 51.9 Å². The van der Waals surface area contributed by atoms with Crippen molar-refractivity contribution < 1.29 is 28.5 Å². The fourth-order valence-electron chi connectivity index (χ4n) is 2.26. The van der Waals surface area contributed by atoms with E-state index in [-0.39, 0.29) is 0 Å². The SMILES string of the molecule is COC(=O)c1ccc(N)cc1OC.COC(=O)c1ccc(NCCCl)cc1OC. The number of rotatable bonds is 7. The Bertz CT molecular complexity index is 829. The lowest BCUT2D eigenvalue weighted by molar-refractivity contribution is 0.0588. The van der Waals surface area contributed by atoms with Gasteiger partial charge in [0.15, 0.2) is 0 Å². The van der Waals surface area contributed by atoms with Gasteiger partial charge in [0.25, 0.3) is 0 Å². The van der Waals surface area contributed by atoms with Crippen LogP contribution in [0.4, 0.5) is 11.4 Å². The van der Waals surface area contributed by atoms with Crippen molar-refractivity contribution in [2.45, 2.75) is 0 Å². The number of nitrogens with one attached hydrogen (secondary N) is 1. The normalized spacial score (nSPS) is 9.55. The number of benzene rings is 2. The average molecular weight is 425 g/mol. The van der Waals surface area contributed by atoms with Gasteiger partial charge in [-0.1, -0.05) is 0 Å². The second kappa shape index (κ2) is 12.4. The number of methoxy groups -OCH3 is 4. The van der Waals surface area contributed by atoms with Crippen LogP contribution >= 0.6 is 11.6 Å². The number of ether oxygens (including phenoxy) is 4. The van der Waals surface area contributed by atoms with Crippen molar-refractivity contribution >= 4 is 34.9 Å². The van der Waals surface area contributed by atoms with E-state index in [4.69, 9.17) is 26.8 Å². The molecule has 0 aromatic heterocycles. The highest BCUT2D eigenvalue weighted by Gasteiger charge is 2.13. The van der Waals surface area contributed by atoms with Crippen LogP contribution in [-0.4, -0.2) is 52.8 Å². The van der Waals surface area contributed by atoms with E-state index < -0.39 is 11.9 Å². The van der Waals surface area contributed by atoms with E-state index in [1.165, 1.54) is 28.4 Å². The minimum Gasteiger partial charge on any atom is -0.496 e. The number of nitrogens with two attached hydrogens (primary N) is 1. The number of carbonyl (C=O) groups is 2. The molecule has 0 amide bonds. The van der Waals surface area contributed by atoms with Crippen LogP contribution in [0.5, 0.6) is 11.5 Å². The summed E-state index contributed by atoms with van der Waals surface area (Å²) in [7, 11) is 5.63. The summed E-state index contributed by atoms with van der Waals surface area (Å²) in [5.41, 5.74) is 7.69. The standard InChI is InChI=1S/C11H14ClNO3.C9H11NO3/c1-15-10-7-8(13-6-5-12)3-4-9(10)11(14)16-2;1-12-8-5-6(10)3-4-7(8)9(11)13-2/h3-4,7,13H,5-6H2,1-2H3;3-5H,10H2,1-2H3. The number of carbonyl (C=O) groups excluding carboxylic acids is 2. The third kappa shape index (κ3) is 7.08. The Hall–Kier alpha value is -3.13. The lowest BCUT2D eigenvalue weighted by Crippen LogP contribution is -2.06. The van der Waals surface area contributed by atoms with E-state index in [1.807, 2.05) is 0 Å². The van der Waals surface area contributed by atoms with Crippen LogP contribution in [0.2, 0.25) is 0 Å². The van der Waals surface area contributed by atoms with Gasteiger partial charge in [0.05, 0.1) is 28.4 Å². The van der Waals surface area contributed by atoms with Gasteiger partial charge < -0.3 is 30.0 Å². The molecule has 2 rings (SSSR count). The van der Waals surface area contributed by atoms with E-state index >= 15 is 0 Å². The molecular weight excluding hydrogens is 400 g/mol. The zero-order valence-electron chi connectivity index (χ0n) is 16.8. The molecule has 0 radical (unpaired) electrons. The molecule has 0 unspecified atom stereocenters. The van der Waals surface area contributed by atoms with Gasteiger partial charge in [0, 0.05) is 35.9 Å². The number of anilines is 2. The third-order valence-corrected chi connectivity index (χ3v) is 3.85. The Kier molecular flexibility index (Phi) is 10.2. The summed E-state index contributed by atoms with van der Waals surface area (Å²) in [5.74, 6) is 0.567. The van der Waals surface area contributed by atoms with Gasteiger partial charge in [-0.2, -0.15) is 0 Å². The van der Waals surface area contributed by atoms with Crippen molar-refractivity contribution in [1.82, 2.24) is 0 Å². The molecule has 9 heteroatoms. The number of nitrogen functional groups attached to an aromatic ring is 1. The van der Waals surface area contributed by atoms with Crippen LogP contribution in [0.1, 0.15) is 20.7 Å². The molecule has 0 spiro atoms. The maximum Gasteiger partial charge on any atom is 0.341 e. The van der Waals surface area contributed by atoms with Gasteiger partial charge in [-0.05, 0) is 24.3 Å². The van der Waals surface area contributed by atoms with Crippen molar-refractivity contribution in [3.05, 3.63) is 47.5 Å². The predicted octanol–water partition coefficient (Wildman–Crippen LogP) is 3.20. The smallest absolute Gasteiger partial charge is 0.341 e. The van der Waals surface area contributed by atoms with E-state index in [9.17, 15) is 9.59 Å². The molecule has 0 aliphatic carbocycles. The molecule has 0 fully saturated rings. The first kappa shape index (κ1) is 23.9. The predicted molar refractivity (Wildman–Crippen MR) is 112 cm³/mol. The molecule has 0 saturated carbocycles. The number of alkyl halides is 1. The molecule has 0 aliphatic heterocycles. The van der Waals surface area contributed by atoms with Crippen molar-refractivity contribution in [3.8, 4) is 11.5 Å². The Balaban J connectivity index is 0.000000296. The molecule has 0 bridgehead atoms. The summed E-state index contributed by atoms with van der Waals surface area (Å²) >= 11 is 5.56. The third-order valence-electron chi connectivity index (χ3n) is 3.66. The largest absolute Gasteiger partial charge is 0.496 e. The average Bonchev–Trinajstić information content (AvgIpc) is 2.76. The van der Waals surface area contributed by atoms with Crippen LogP contribution < -0.4 is 20.5 Å². The van der Waals surface area contributed by atoms with Gasteiger partial charge in [0.1, 0.15) is 22.6 Å². The number of hydrogen-bond acceptors (Lipinski definition) is 8. The van der Waals surface area contributed by atoms with E-state index in [0.29, 0.717) is 40.7 Å². The van der Waals surface area contributed by atoms with Crippen LogP contribution in [0.3, 0.4) is 0 Å². The summed E-state index contributed by atoms with van der Waals surface area (Å²) in [6.45, 7) is 0.655.